The summed E-state index contributed by atoms with van der Waals surface area (Å²) in [6.45, 7) is 12.3. The molecule has 1 aromatic rings. The normalized spacial score (nSPS) is 16.0. The molecule has 1 heterocycles. The van der Waals surface area contributed by atoms with Crippen LogP contribution in [0.5, 0.6) is 0 Å². The minimum Gasteiger partial charge on any atom is -0.334 e. The average Bonchev–Trinajstić information content (AvgIpc) is 3.22. The number of amides is 2. The number of carbonyl (C=O) groups excluding carboxylic acids is 2. The van der Waals surface area contributed by atoms with E-state index in [-0.39, 0.29) is 30.3 Å². The third kappa shape index (κ3) is 6.89. The van der Waals surface area contributed by atoms with E-state index in [9.17, 15) is 9.59 Å². The van der Waals surface area contributed by atoms with Crippen LogP contribution in [0, 0.1) is 0 Å². The number of benzene rings is 1. The van der Waals surface area contributed by atoms with Gasteiger partial charge in [-0.3, -0.25) is 14.5 Å². The number of hydrogen-bond donors (Lipinski definition) is 0. The lowest BCUT2D eigenvalue weighted by atomic mass is 10.2. The van der Waals surface area contributed by atoms with Crippen LogP contribution in [0.15, 0.2) is 49.6 Å². The number of carbonyl (C=O) groups is 2. The van der Waals surface area contributed by atoms with Crippen LogP contribution < -0.4 is 0 Å². The Morgan fingerprint density at radius 1 is 1.23 bits per heavy atom. The molecule has 1 atom stereocenters. The highest BCUT2D eigenvalue weighted by atomic mass is 35.5. The number of thioether (sulfide) groups is 1. The summed E-state index contributed by atoms with van der Waals surface area (Å²) in [4.78, 5) is 31.5. The fourth-order valence-corrected chi connectivity index (χ4v) is 5.03. The van der Waals surface area contributed by atoms with Crippen LogP contribution >= 0.6 is 23.4 Å². The van der Waals surface area contributed by atoms with Gasteiger partial charge in [0, 0.05) is 36.0 Å². The molecule has 1 aliphatic rings. The molecule has 2 amide bonds. The van der Waals surface area contributed by atoms with Gasteiger partial charge in [0.1, 0.15) is 5.37 Å². The van der Waals surface area contributed by atoms with Crippen LogP contribution in [0.1, 0.15) is 30.7 Å². The molecule has 0 radical (unpaired) electrons. The summed E-state index contributed by atoms with van der Waals surface area (Å²) in [5.41, 5.74) is 0.967. The molecule has 1 aromatic carbocycles. The molecule has 0 bridgehead atoms. The first kappa shape index (κ1) is 24.5. The molecule has 1 fully saturated rings. The molecular weight excluding hydrogens is 418 g/mol. The molecule has 2 rings (SSSR count). The van der Waals surface area contributed by atoms with E-state index < -0.39 is 0 Å². The Morgan fingerprint density at radius 3 is 2.57 bits per heavy atom. The average molecular weight is 450 g/mol. The summed E-state index contributed by atoms with van der Waals surface area (Å²) in [5, 5.41) is 0.602. The van der Waals surface area contributed by atoms with Crippen molar-refractivity contribution in [3.8, 4) is 0 Å². The van der Waals surface area contributed by atoms with Gasteiger partial charge in [0.05, 0.1) is 13.1 Å². The Morgan fingerprint density at radius 2 is 1.93 bits per heavy atom. The van der Waals surface area contributed by atoms with Crippen molar-refractivity contribution in [1.29, 1.82) is 0 Å². The largest absolute Gasteiger partial charge is 0.334 e. The fraction of sp³-hybridized carbons (Fsp3) is 0.478. The zero-order valence-corrected chi connectivity index (χ0v) is 19.3. The third-order valence-electron chi connectivity index (χ3n) is 4.98. The Kier molecular flexibility index (Phi) is 10.5. The number of halogens is 1. The van der Waals surface area contributed by atoms with Crippen LogP contribution in [-0.4, -0.2) is 71.5 Å². The number of rotatable bonds is 12. The van der Waals surface area contributed by atoms with Gasteiger partial charge in [-0.15, -0.1) is 24.9 Å². The highest BCUT2D eigenvalue weighted by Crippen LogP contribution is 2.40. The highest BCUT2D eigenvalue weighted by molar-refractivity contribution is 7.99. The molecule has 0 unspecified atom stereocenters. The molecule has 164 valence electrons. The van der Waals surface area contributed by atoms with Crippen LogP contribution in [0.25, 0.3) is 0 Å². The first-order valence-corrected chi connectivity index (χ1v) is 11.8. The minimum atomic E-state index is -0.0760. The Balaban J connectivity index is 2.08. The summed E-state index contributed by atoms with van der Waals surface area (Å²) >= 11 is 8.11. The number of nitrogens with zero attached hydrogens (tertiary/aromatic N) is 3. The molecule has 5 nitrogen and oxygen atoms in total. The maximum absolute atomic E-state index is 13.2. The Bertz CT molecular complexity index is 733. The van der Waals surface area contributed by atoms with Gasteiger partial charge in [0.2, 0.25) is 11.8 Å². The van der Waals surface area contributed by atoms with Gasteiger partial charge in [0.15, 0.2) is 0 Å². The van der Waals surface area contributed by atoms with Crippen molar-refractivity contribution >= 4 is 35.2 Å². The van der Waals surface area contributed by atoms with Crippen molar-refractivity contribution in [2.75, 3.05) is 45.0 Å². The highest BCUT2D eigenvalue weighted by Gasteiger charge is 2.32. The van der Waals surface area contributed by atoms with Gasteiger partial charge in [-0.05, 0) is 19.0 Å². The molecule has 0 aromatic heterocycles. The topological polar surface area (TPSA) is 43.9 Å². The van der Waals surface area contributed by atoms with Gasteiger partial charge in [-0.2, -0.15) is 0 Å². The fourth-order valence-electron chi connectivity index (χ4n) is 3.42. The minimum absolute atomic E-state index is 0.0165. The van der Waals surface area contributed by atoms with Gasteiger partial charge >= 0.3 is 0 Å². The summed E-state index contributed by atoms with van der Waals surface area (Å²) < 4.78 is 0. The summed E-state index contributed by atoms with van der Waals surface area (Å²) in [5.74, 6) is 0.895. The van der Waals surface area contributed by atoms with E-state index in [2.05, 4.69) is 20.1 Å². The number of hydrogen-bond acceptors (Lipinski definition) is 4. The quantitative estimate of drug-likeness (QED) is 0.448. The van der Waals surface area contributed by atoms with E-state index in [4.69, 9.17) is 11.6 Å². The van der Waals surface area contributed by atoms with E-state index in [0.717, 1.165) is 24.2 Å². The van der Waals surface area contributed by atoms with Gasteiger partial charge < -0.3 is 9.80 Å². The summed E-state index contributed by atoms with van der Waals surface area (Å²) in [7, 11) is 0. The Labute approximate surface area is 189 Å². The summed E-state index contributed by atoms with van der Waals surface area (Å²) in [6, 6.07) is 7.68. The van der Waals surface area contributed by atoms with Crippen molar-refractivity contribution in [2.45, 2.75) is 25.1 Å². The van der Waals surface area contributed by atoms with E-state index in [1.807, 2.05) is 34.1 Å². The zero-order valence-electron chi connectivity index (χ0n) is 17.8. The van der Waals surface area contributed by atoms with Gasteiger partial charge in [-0.1, -0.05) is 55.3 Å². The monoisotopic (exact) mass is 449 g/mol. The SMILES string of the molecule is C=CCN(CC=C)C(=O)CN(CCCC)CC(=O)N1CCS[C@H]1c1ccccc1Cl. The third-order valence-corrected chi connectivity index (χ3v) is 6.57. The smallest absolute Gasteiger partial charge is 0.237 e. The lowest BCUT2D eigenvalue weighted by Gasteiger charge is -2.29. The van der Waals surface area contributed by atoms with Crippen LogP contribution in [0.4, 0.5) is 0 Å². The molecule has 0 saturated carbocycles. The second kappa shape index (κ2) is 12.8. The second-order valence-corrected chi connectivity index (χ2v) is 8.87. The zero-order chi connectivity index (χ0) is 21.9. The number of unbranched alkanes of at least 4 members (excludes halogenated alkanes) is 1. The van der Waals surface area contributed by atoms with Crippen LogP contribution in [-0.2, 0) is 9.59 Å². The molecular formula is C23H32ClN3O2S. The first-order chi connectivity index (χ1) is 14.5. The van der Waals surface area contributed by atoms with Gasteiger partial charge in [0.25, 0.3) is 0 Å². The lowest BCUT2D eigenvalue weighted by molar-refractivity contribution is -0.135. The van der Waals surface area contributed by atoms with Crippen molar-refractivity contribution in [3.05, 3.63) is 60.2 Å². The predicted octanol–water partition coefficient (Wildman–Crippen LogP) is 4.22. The molecule has 7 heteroatoms. The predicted molar refractivity (Wildman–Crippen MR) is 127 cm³/mol. The van der Waals surface area contributed by atoms with E-state index in [1.54, 1.807) is 28.8 Å². The lowest BCUT2D eigenvalue weighted by Crippen LogP contribution is -2.45. The standard InChI is InChI=1S/C23H32ClN3O2S/c1-4-7-14-25(17-21(28)26(12-5-2)13-6-3)18-22(29)27-15-16-30-23(27)19-10-8-9-11-20(19)24/h5-6,8-11,23H,2-4,7,12-18H2,1H3/t23-/m0/s1. The maximum atomic E-state index is 13.2. The molecule has 0 aliphatic carbocycles. The van der Waals surface area contributed by atoms with E-state index in [0.29, 0.717) is 31.2 Å². The molecule has 1 aliphatic heterocycles. The van der Waals surface area contributed by atoms with Crippen molar-refractivity contribution in [2.24, 2.45) is 0 Å². The van der Waals surface area contributed by atoms with Crippen LogP contribution in [0.3, 0.4) is 0 Å². The van der Waals surface area contributed by atoms with Crippen molar-refractivity contribution < 1.29 is 9.59 Å². The summed E-state index contributed by atoms with van der Waals surface area (Å²) in [6.07, 6.45) is 5.35. The maximum Gasteiger partial charge on any atom is 0.237 e. The van der Waals surface area contributed by atoms with Crippen molar-refractivity contribution in [1.82, 2.24) is 14.7 Å². The van der Waals surface area contributed by atoms with Crippen molar-refractivity contribution in [3.63, 3.8) is 0 Å². The Hall–Kier alpha value is -1.76. The van der Waals surface area contributed by atoms with Crippen LogP contribution in [0.2, 0.25) is 5.02 Å². The molecule has 30 heavy (non-hydrogen) atoms. The first-order valence-electron chi connectivity index (χ1n) is 10.4. The van der Waals surface area contributed by atoms with E-state index in [1.165, 1.54) is 0 Å². The van der Waals surface area contributed by atoms with E-state index >= 15 is 0 Å². The van der Waals surface area contributed by atoms with Gasteiger partial charge in [-0.25, -0.2) is 0 Å². The molecule has 0 N–H and O–H groups in total. The second-order valence-electron chi connectivity index (χ2n) is 7.27. The molecule has 1 saturated heterocycles. The molecule has 0 spiro atoms.